The molecule has 1 fully saturated rings. The molecule has 5 nitrogen and oxygen atoms in total. The molecule has 1 N–H and O–H groups in total. The van der Waals surface area contributed by atoms with E-state index in [1.54, 1.807) is 11.8 Å². The summed E-state index contributed by atoms with van der Waals surface area (Å²) >= 11 is 3.38. The Morgan fingerprint density at radius 3 is 2.50 bits per heavy atom. The Labute approximate surface area is 151 Å². The van der Waals surface area contributed by atoms with Crippen molar-refractivity contribution < 1.29 is 14.3 Å². The van der Waals surface area contributed by atoms with Crippen LogP contribution < -0.4 is 5.32 Å². The molecule has 0 unspecified atom stereocenters. The van der Waals surface area contributed by atoms with Crippen LogP contribution in [-0.2, 0) is 9.53 Å². The average molecular weight is 397 g/mol. The van der Waals surface area contributed by atoms with Crippen molar-refractivity contribution in [2.24, 2.45) is 0 Å². The molecule has 0 radical (unpaired) electrons. The van der Waals surface area contributed by atoms with Gasteiger partial charge in [-0.15, -0.1) is 0 Å². The summed E-state index contributed by atoms with van der Waals surface area (Å²) in [6.45, 7) is 2.55. The molecule has 132 valence electrons. The number of ether oxygens (including phenoxy) is 1. The Morgan fingerprint density at radius 2 is 1.88 bits per heavy atom. The van der Waals surface area contributed by atoms with Crippen LogP contribution in [-0.4, -0.2) is 36.1 Å². The average Bonchev–Trinajstić information content (AvgIpc) is 2.58. The molecule has 24 heavy (non-hydrogen) atoms. The third-order valence-electron chi connectivity index (χ3n) is 4.23. The van der Waals surface area contributed by atoms with Crippen molar-refractivity contribution in [3.8, 4) is 0 Å². The molecular weight excluding hydrogens is 372 g/mol. The van der Waals surface area contributed by atoms with Crippen molar-refractivity contribution in [2.45, 2.75) is 51.5 Å². The summed E-state index contributed by atoms with van der Waals surface area (Å²) in [6, 6.07) is 7.54. The second-order valence-electron chi connectivity index (χ2n) is 5.98. The van der Waals surface area contributed by atoms with Gasteiger partial charge in [-0.05, 0) is 44.0 Å². The minimum Gasteiger partial charge on any atom is -0.466 e. The number of hydrogen-bond acceptors (Lipinski definition) is 3. The Bertz CT molecular complexity index is 542. The number of hydrogen-bond donors (Lipinski definition) is 1. The first-order valence-electron chi connectivity index (χ1n) is 8.59. The van der Waals surface area contributed by atoms with E-state index in [1.807, 2.05) is 24.3 Å². The van der Waals surface area contributed by atoms with E-state index < -0.39 is 0 Å². The molecule has 0 heterocycles. The highest BCUT2D eigenvalue weighted by atomic mass is 79.9. The number of benzene rings is 1. The fourth-order valence-electron chi connectivity index (χ4n) is 3.02. The lowest BCUT2D eigenvalue weighted by Gasteiger charge is -2.34. The van der Waals surface area contributed by atoms with Crippen LogP contribution in [0.3, 0.4) is 0 Å². The normalized spacial score (nSPS) is 14.9. The van der Waals surface area contributed by atoms with E-state index in [4.69, 9.17) is 4.74 Å². The Kier molecular flexibility index (Phi) is 7.56. The van der Waals surface area contributed by atoms with Gasteiger partial charge < -0.3 is 15.0 Å². The van der Waals surface area contributed by atoms with Gasteiger partial charge in [0, 0.05) is 22.7 Å². The third kappa shape index (κ3) is 5.82. The number of carbonyl (C=O) groups is 2. The maximum Gasteiger partial charge on any atom is 0.322 e. The largest absolute Gasteiger partial charge is 0.466 e. The monoisotopic (exact) mass is 396 g/mol. The predicted octanol–water partition coefficient (Wildman–Crippen LogP) is 4.57. The molecule has 0 spiro atoms. The van der Waals surface area contributed by atoms with Gasteiger partial charge in [0.1, 0.15) is 0 Å². The van der Waals surface area contributed by atoms with Gasteiger partial charge in [-0.2, -0.15) is 0 Å². The second kappa shape index (κ2) is 9.67. The van der Waals surface area contributed by atoms with E-state index in [0.717, 1.165) is 35.8 Å². The smallest absolute Gasteiger partial charge is 0.322 e. The minimum atomic E-state index is -0.255. The highest BCUT2D eigenvalue weighted by Crippen LogP contribution is 2.24. The summed E-state index contributed by atoms with van der Waals surface area (Å²) in [5.74, 6) is -0.255. The number of nitrogens with one attached hydrogen (secondary N) is 1. The summed E-state index contributed by atoms with van der Waals surface area (Å²) in [6.07, 6.45) is 5.71. The van der Waals surface area contributed by atoms with Crippen molar-refractivity contribution >= 4 is 33.6 Å². The minimum absolute atomic E-state index is 0.145. The van der Waals surface area contributed by atoms with Crippen LogP contribution in [0.4, 0.5) is 10.5 Å². The zero-order valence-corrected chi connectivity index (χ0v) is 15.7. The topological polar surface area (TPSA) is 58.6 Å². The molecule has 1 aromatic rings. The highest BCUT2D eigenvalue weighted by Gasteiger charge is 2.26. The molecular formula is C18H25BrN2O3. The maximum absolute atomic E-state index is 12.7. The van der Waals surface area contributed by atoms with Gasteiger partial charge in [0.05, 0.1) is 13.0 Å². The van der Waals surface area contributed by atoms with Crippen LogP contribution in [0, 0.1) is 0 Å². The number of urea groups is 1. The van der Waals surface area contributed by atoms with Gasteiger partial charge >= 0.3 is 12.0 Å². The molecule has 0 atom stereocenters. The molecule has 1 aromatic carbocycles. The van der Waals surface area contributed by atoms with Gasteiger partial charge in [-0.3, -0.25) is 4.79 Å². The van der Waals surface area contributed by atoms with Crippen molar-refractivity contribution in [2.75, 3.05) is 18.5 Å². The lowest BCUT2D eigenvalue weighted by molar-refractivity contribution is -0.143. The van der Waals surface area contributed by atoms with Gasteiger partial charge in [0.2, 0.25) is 0 Å². The van der Waals surface area contributed by atoms with Crippen molar-refractivity contribution in [1.29, 1.82) is 0 Å². The quantitative estimate of drug-likeness (QED) is 0.716. The number of amides is 2. The maximum atomic E-state index is 12.7. The standard InChI is InChI=1S/C18H25BrN2O3/c1-2-24-17(22)12-13-21(16-6-4-3-5-7-16)18(23)20-15-10-8-14(19)9-11-15/h8-11,16H,2-7,12-13H2,1H3,(H,20,23). The summed E-state index contributed by atoms with van der Waals surface area (Å²) < 4.78 is 5.95. The Balaban J connectivity index is 2.00. The third-order valence-corrected chi connectivity index (χ3v) is 4.76. The van der Waals surface area contributed by atoms with E-state index in [1.165, 1.54) is 6.42 Å². The number of rotatable bonds is 6. The van der Waals surface area contributed by atoms with Crippen LogP contribution >= 0.6 is 15.9 Å². The first-order valence-corrected chi connectivity index (χ1v) is 9.38. The van der Waals surface area contributed by atoms with Crippen molar-refractivity contribution in [1.82, 2.24) is 4.90 Å². The fourth-order valence-corrected chi connectivity index (χ4v) is 3.28. The molecule has 1 aliphatic carbocycles. The SMILES string of the molecule is CCOC(=O)CCN(C(=O)Nc1ccc(Br)cc1)C1CCCCC1. The summed E-state index contributed by atoms with van der Waals surface area (Å²) in [4.78, 5) is 26.2. The molecule has 0 saturated heterocycles. The second-order valence-corrected chi connectivity index (χ2v) is 6.89. The number of esters is 1. The van der Waals surface area contributed by atoms with Gasteiger partial charge in [0.25, 0.3) is 0 Å². The molecule has 6 heteroatoms. The van der Waals surface area contributed by atoms with Crippen LogP contribution in [0.2, 0.25) is 0 Å². The van der Waals surface area contributed by atoms with Crippen LogP contribution in [0.25, 0.3) is 0 Å². The zero-order chi connectivity index (χ0) is 17.4. The fraction of sp³-hybridized carbons (Fsp3) is 0.556. The van der Waals surface area contributed by atoms with Crippen LogP contribution in [0.5, 0.6) is 0 Å². The van der Waals surface area contributed by atoms with Gasteiger partial charge in [-0.25, -0.2) is 4.79 Å². The van der Waals surface area contributed by atoms with Crippen LogP contribution in [0.1, 0.15) is 45.4 Å². The zero-order valence-electron chi connectivity index (χ0n) is 14.1. The lowest BCUT2D eigenvalue weighted by Crippen LogP contribution is -2.45. The van der Waals surface area contributed by atoms with Crippen LogP contribution in [0.15, 0.2) is 28.7 Å². The van der Waals surface area contributed by atoms with E-state index >= 15 is 0 Å². The van der Waals surface area contributed by atoms with Gasteiger partial charge in [0.15, 0.2) is 0 Å². The van der Waals surface area contributed by atoms with E-state index in [0.29, 0.717) is 13.2 Å². The predicted molar refractivity (Wildman–Crippen MR) is 98.0 cm³/mol. The number of carbonyl (C=O) groups excluding carboxylic acids is 2. The lowest BCUT2D eigenvalue weighted by atomic mass is 9.94. The summed E-state index contributed by atoms with van der Waals surface area (Å²) in [7, 11) is 0. The van der Waals surface area contributed by atoms with E-state index in [2.05, 4.69) is 21.2 Å². The van der Waals surface area contributed by atoms with Crippen molar-refractivity contribution in [3.63, 3.8) is 0 Å². The van der Waals surface area contributed by atoms with E-state index in [-0.39, 0.29) is 24.5 Å². The van der Waals surface area contributed by atoms with E-state index in [9.17, 15) is 9.59 Å². The number of anilines is 1. The Hall–Kier alpha value is -1.56. The molecule has 0 aliphatic heterocycles. The summed E-state index contributed by atoms with van der Waals surface area (Å²) in [5, 5.41) is 2.94. The Morgan fingerprint density at radius 1 is 1.21 bits per heavy atom. The summed E-state index contributed by atoms with van der Waals surface area (Å²) in [5.41, 5.74) is 0.750. The first kappa shape index (κ1) is 18.8. The highest BCUT2D eigenvalue weighted by molar-refractivity contribution is 9.10. The molecule has 2 rings (SSSR count). The van der Waals surface area contributed by atoms with Gasteiger partial charge in [-0.1, -0.05) is 35.2 Å². The molecule has 2 amide bonds. The molecule has 1 aliphatic rings. The molecule has 0 aromatic heterocycles. The first-order chi connectivity index (χ1) is 11.6. The molecule has 1 saturated carbocycles. The van der Waals surface area contributed by atoms with Crippen molar-refractivity contribution in [3.05, 3.63) is 28.7 Å². The number of halogens is 1. The number of nitrogens with zero attached hydrogens (tertiary/aromatic N) is 1. The molecule has 0 bridgehead atoms.